The van der Waals surface area contributed by atoms with Crippen LogP contribution in [0.5, 0.6) is 17.2 Å². The summed E-state index contributed by atoms with van der Waals surface area (Å²) in [5.41, 5.74) is 1.35. The number of aliphatic hydroxyl groups is 1. The van der Waals surface area contributed by atoms with Crippen LogP contribution < -0.4 is 9.47 Å². The molecule has 1 aliphatic heterocycles. The molecule has 0 aliphatic carbocycles. The predicted octanol–water partition coefficient (Wildman–Crippen LogP) is 5.96. The Kier molecular flexibility index (Phi) is 7.32. The summed E-state index contributed by atoms with van der Waals surface area (Å²) in [6.45, 7) is 6.01. The number of hydrogen-bond acceptors (Lipinski definition) is 6. The van der Waals surface area contributed by atoms with Gasteiger partial charge in [0.15, 0.2) is 0 Å². The first-order valence-corrected chi connectivity index (χ1v) is 12.5. The largest absolute Gasteiger partial charge is 0.508 e. The van der Waals surface area contributed by atoms with E-state index in [2.05, 4.69) is 15.9 Å². The number of phenols is 1. The first-order chi connectivity index (χ1) is 17.5. The van der Waals surface area contributed by atoms with E-state index in [-0.39, 0.29) is 29.2 Å². The second-order valence-electron chi connectivity index (χ2n) is 9.73. The normalized spacial score (nSPS) is 17.2. The SMILES string of the molecule is COc1ccc(/C(O)=C2/C(=O)C(=O)N(Cc3ccc(OC(C)(C)C)cc3)C2c2ccc(O)cc2)cc1Br. The minimum atomic E-state index is -0.855. The third-order valence-electron chi connectivity index (χ3n) is 5.87. The van der Waals surface area contributed by atoms with Gasteiger partial charge in [-0.1, -0.05) is 24.3 Å². The predicted molar refractivity (Wildman–Crippen MR) is 143 cm³/mol. The Morgan fingerprint density at radius 2 is 1.65 bits per heavy atom. The number of halogens is 1. The number of carbonyl (C=O) groups excluding carboxylic acids is 2. The molecule has 3 aromatic carbocycles. The molecule has 1 atom stereocenters. The maximum atomic E-state index is 13.3. The Labute approximate surface area is 224 Å². The van der Waals surface area contributed by atoms with Crippen LogP contribution in [0.25, 0.3) is 5.76 Å². The number of rotatable bonds is 6. The van der Waals surface area contributed by atoms with Gasteiger partial charge in [-0.2, -0.15) is 0 Å². The lowest BCUT2D eigenvalue weighted by atomic mass is 9.95. The van der Waals surface area contributed by atoms with E-state index >= 15 is 0 Å². The van der Waals surface area contributed by atoms with Crippen molar-refractivity contribution in [3.05, 3.63) is 93.5 Å². The van der Waals surface area contributed by atoms with Crippen molar-refractivity contribution in [1.29, 1.82) is 0 Å². The van der Waals surface area contributed by atoms with Crippen LogP contribution >= 0.6 is 15.9 Å². The molecule has 2 N–H and O–H groups in total. The highest BCUT2D eigenvalue weighted by atomic mass is 79.9. The molecule has 1 fully saturated rings. The molecule has 1 unspecified atom stereocenters. The summed E-state index contributed by atoms with van der Waals surface area (Å²) in [5.74, 6) is -0.493. The van der Waals surface area contributed by atoms with Gasteiger partial charge >= 0.3 is 0 Å². The molecule has 1 aliphatic rings. The van der Waals surface area contributed by atoms with Crippen LogP contribution in [0, 0.1) is 0 Å². The molecular formula is C29H28BrNO6. The zero-order valence-corrected chi connectivity index (χ0v) is 22.6. The fourth-order valence-corrected chi connectivity index (χ4v) is 4.77. The number of hydrogen-bond donors (Lipinski definition) is 2. The number of ketones is 1. The number of ether oxygens (including phenoxy) is 2. The summed E-state index contributed by atoms with van der Waals surface area (Å²) in [5, 5.41) is 21.1. The molecule has 3 aromatic rings. The molecule has 0 aromatic heterocycles. The molecule has 7 nitrogen and oxygen atoms in total. The van der Waals surface area contributed by atoms with Gasteiger partial charge in [0.2, 0.25) is 0 Å². The number of Topliss-reactive ketones (excluding diaryl/α,β-unsaturated/α-hetero) is 1. The summed E-state index contributed by atoms with van der Waals surface area (Å²) in [7, 11) is 1.53. The zero-order chi connectivity index (χ0) is 26.9. The minimum Gasteiger partial charge on any atom is -0.508 e. The van der Waals surface area contributed by atoms with Crippen molar-refractivity contribution in [2.45, 2.75) is 39.0 Å². The Bertz CT molecular complexity index is 1360. The summed E-state index contributed by atoms with van der Waals surface area (Å²) in [6.07, 6.45) is 0. The van der Waals surface area contributed by atoms with Gasteiger partial charge in [0.25, 0.3) is 11.7 Å². The maximum absolute atomic E-state index is 13.3. The Balaban J connectivity index is 1.76. The molecule has 0 saturated carbocycles. The summed E-state index contributed by atoms with van der Waals surface area (Å²) >= 11 is 3.40. The molecule has 0 bridgehead atoms. The van der Waals surface area contributed by atoms with Crippen LogP contribution in [0.15, 0.2) is 76.8 Å². The Morgan fingerprint density at radius 1 is 1.00 bits per heavy atom. The van der Waals surface area contributed by atoms with Gasteiger partial charge in [0.05, 0.1) is 23.2 Å². The molecule has 192 valence electrons. The van der Waals surface area contributed by atoms with E-state index in [0.717, 1.165) is 5.56 Å². The quantitative estimate of drug-likeness (QED) is 0.217. The molecule has 4 rings (SSSR count). The number of phenolic OH excluding ortho intramolecular Hbond substituents is 1. The summed E-state index contributed by atoms with van der Waals surface area (Å²) in [4.78, 5) is 28.0. The average molecular weight is 566 g/mol. The van der Waals surface area contributed by atoms with E-state index in [1.54, 1.807) is 30.3 Å². The molecule has 1 heterocycles. The van der Waals surface area contributed by atoms with Gasteiger partial charge in [0.1, 0.15) is 28.6 Å². The third-order valence-corrected chi connectivity index (χ3v) is 6.49. The summed E-state index contributed by atoms with van der Waals surface area (Å²) < 4.78 is 11.7. The lowest BCUT2D eigenvalue weighted by Gasteiger charge is -2.26. The van der Waals surface area contributed by atoms with Crippen LogP contribution in [0.3, 0.4) is 0 Å². The van der Waals surface area contributed by atoms with Gasteiger partial charge in [-0.05, 0) is 90.3 Å². The lowest BCUT2D eigenvalue weighted by Crippen LogP contribution is -2.29. The number of nitrogens with zero attached hydrogens (tertiary/aromatic N) is 1. The first-order valence-electron chi connectivity index (χ1n) is 11.7. The monoisotopic (exact) mass is 565 g/mol. The van der Waals surface area contributed by atoms with Crippen molar-refractivity contribution in [2.24, 2.45) is 0 Å². The van der Waals surface area contributed by atoms with Crippen molar-refractivity contribution >= 4 is 33.4 Å². The highest BCUT2D eigenvalue weighted by Crippen LogP contribution is 2.41. The topological polar surface area (TPSA) is 96.3 Å². The number of aliphatic hydroxyl groups excluding tert-OH is 1. The van der Waals surface area contributed by atoms with Gasteiger partial charge in [-0.25, -0.2) is 0 Å². The number of likely N-dealkylation sites (tertiary alicyclic amines) is 1. The van der Waals surface area contributed by atoms with Crippen molar-refractivity contribution in [1.82, 2.24) is 4.90 Å². The van der Waals surface area contributed by atoms with Gasteiger partial charge < -0.3 is 24.6 Å². The van der Waals surface area contributed by atoms with Crippen LogP contribution in [0.1, 0.15) is 43.5 Å². The minimum absolute atomic E-state index is 0.0274. The lowest BCUT2D eigenvalue weighted by molar-refractivity contribution is -0.140. The second-order valence-corrected chi connectivity index (χ2v) is 10.6. The first kappa shape index (κ1) is 26.3. The molecule has 1 amide bonds. The molecule has 37 heavy (non-hydrogen) atoms. The molecule has 1 saturated heterocycles. The molecule has 0 radical (unpaired) electrons. The Morgan fingerprint density at radius 3 is 2.22 bits per heavy atom. The smallest absolute Gasteiger partial charge is 0.295 e. The van der Waals surface area contributed by atoms with E-state index in [0.29, 0.717) is 27.1 Å². The Hall–Kier alpha value is -3.78. The van der Waals surface area contributed by atoms with Gasteiger partial charge in [-0.15, -0.1) is 0 Å². The number of methoxy groups -OCH3 is 1. The average Bonchev–Trinajstić information content (AvgIpc) is 3.09. The third kappa shape index (κ3) is 5.64. The molecule has 0 spiro atoms. The van der Waals surface area contributed by atoms with Crippen molar-refractivity contribution in [3.8, 4) is 17.2 Å². The van der Waals surface area contributed by atoms with E-state index in [1.807, 2.05) is 45.0 Å². The van der Waals surface area contributed by atoms with E-state index < -0.39 is 17.7 Å². The van der Waals surface area contributed by atoms with E-state index in [1.165, 1.54) is 24.1 Å². The summed E-state index contributed by atoms with van der Waals surface area (Å²) in [6, 6.07) is 17.6. The van der Waals surface area contributed by atoms with Crippen LogP contribution in [0.2, 0.25) is 0 Å². The fourth-order valence-electron chi connectivity index (χ4n) is 4.23. The van der Waals surface area contributed by atoms with Crippen LogP contribution in [0.4, 0.5) is 0 Å². The van der Waals surface area contributed by atoms with Gasteiger partial charge in [-0.3, -0.25) is 9.59 Å². The molecule has 8 heteroatoms. The maximum Gasteiger partial charge on any atom is 0.295 e. The highest BCUT2D eigenvalue weighted by Gasteiger charge is 2.46. The zero-order valence-electron chi connectivity index (χ0n) is 21.0. The van der Waals surface area contributed by atoms with Crippen LogP contribution in [-0.2, 0) is 16.1 Å². The van der Waals surface area contributed by atoms with Gasteiger partial charge in [0, 0.05) is 12.1 Å². The van der Waals surface area contributed by atoms with Crippen LogP contribution in [-0.4, -0.2) is 39.5 Å². The highest BCUT2D eigenvalue weighted by molar-refractivity contribution is 9.10. The number of aromatic hydroxyl groups is 1. The standard InChI is InChI=1S/C29H28BrNO6/c1-29(2,3)37-21-12-5-17(6-13-21)16-31-25(18-7-10-20(32)11-8-18)24(27(34)28(31)35)26(33)19-9-14-23(36-4)22(30)15-19/h5-15,25,32-33H,16H2,1-4H3/b26-24-. The number of carbonyl (C=O) groups is 2. The fraction of sp³-hybridized carbons (Fsp3) is 0.241. The van der Waals surface area contributed by atoms with Crippen molar-refractivity contribution in [2.75, 3.05) is 7.11 Å². The van der Waals surface area contributed by atoms with Crippen molar-refractivity contribution in [3.63, 3.8) is 0 Å². The second kappa shape index (κ2) is 10.3. The van der Waals surface area contributed by atoms with E-state index in [4.69, 9.17) is 9.47 Å². The molecular weight excluding hydrogens is 538 g/mol. The number of amides is 1. The number of benzene rings is 3. The van der Waals surface area contributed by atoms with E-state index in [9.17, 15) is 19.8 Å². The van der Waals surface area contributed by atoms with Crippen molar-refractivity contribution < 1.29 is 29.3 Å².